The van der Waals surface area contributed by atoms with Crippen LogP contribution < -0.4 is 5.32 Å². The number of nitrogens with one attached hydrogen (secondary N) is 1. The van der Waals surface area contributed by atoms with Crippen LogP contribution >= 0.6 is 11.6 Å². The van der Waals surface area contributed by atoms with E-state index in [9.17, 15) is 13.2 Å². The first-order valence-electron chi connectivity index (χ1n) is 8.39. The molecule has 1 N–H and O–H groups in total. The summed E-state index contributed by atoms with van der Waals surface area (Å²) >= 11 is 5.85. The lowest BCUT2D eigenvalue weighted by Gasteiger charge is -2.29. The second-order valence-electron chi connectivity index (χ2n) is 5.99. The maximum Gasteiger partial charge on any atom is 0.243 e. The van der Waals surface area contributed by atoms with Gasteiger partial charge in [0.15, 0.2) is 0 Å². The van der Waals surface area contributed by atoms with Crippen LogP contribution in [0.3, 0.4) is 0 Å². The Morgan fingerprint density at radius 3 is 2.64 bits per heavy atom. The second-order valence-corrected chi connectivity index (χ2v) is 8.31. The summed E-state index contributed by atoms with van der Waals surface area (Å²) in [5.41, 5.74) is 0. The zero-order chi connectivity index (χ0) is 18.3. The summed E-state index contributed by atoms with van der Waals surface area (Å²) in [5, 5.41) is 11.9. The van der Waals surface area contributed by atoms with Gasteiger partial charge >= 0.3 is 0 Å². The van der Waals surface area contributed by atoms with E-state index in [4.69, 9.17) is 16.9 Å². The van der Waals surface area contributed by atoms with Crippen LogP contribution in [0.25, 0.3) is 0 Å². The number of unbranched alkanes of at least 4 members (excludes halogenated alkanes) is 2. The van der Waals surface area contributed by atoms with Crippen molar-refractivity contribution < 1.29 is 13.2 Å². The molecule has 1 amide bonds. The summed E-state index contributed by atoms with van der Waals surface area (Å²) < 4.78 is 27.5. The number of sulfonamides is 1. The molecule has 1 aliphatic heterocycles. The Hall–Kier alpha value is -1.62. The number of nitriles is 1. The molecule has 0 aliphatic carbocycles. The summed E-state index contributed by atoms with van der Waals surface area (Å²) in [7, 11) is -3.82. The van der Waals surface area contributed by atoms with Crippen LogP contribution in [0.1, 0.15) is 38.5 Å². The molecule has 8 heteroatoms. The SMILES string of the molecule is N#CCCCCN([C@@H]1CCCCNC1=O)S(=O)(=O)c1ccc(Cl)cc1. The number of benzene rings is 1. The predicted molar refractivity (Wildman–Crippen MR) is 95.5 cm³/mol. The van der Waals surface area contributed by atoms with Crippen molar-refractivity contribution in [1.29, 1.82) is 5.26 Å². The van der Waals surface area contributed by atoms with Crippen LogP contribution in [0.4, 0.5) is 0 Å². The van der Waals surface area contributed by atoms with Gasteiger partial charge in [-0.2, -0.15) is 9.57 Å². The molecule has 0 aromatic heterocycles. The Bertz CT molecular complexity index is 729. The minimum absolute atomic E-state index is 0.120. The molecular formula is C17H22ClN3O3S. The molecule has 0 radical (unpaired) electrons. The number of halogens is 1. The molecule has 1 saturated heterocycles. The van der Waals surface area contributed by atoms with E-state index in [1.165, 1.54) is 28.6 Å². The molecule has 1 aliphatic rings. The molecule has 2 rings (SSSR count). The number of hydrogen-bond donors (Lipinski definition) is 1. The molecule has 136 valence electrons. The number of rotatable bonds is 7. The normalized spacial score (nSPS) is 18.4. The highest BCUT2D eigenvalue weighted by molar-refractivity contribution is 7.89. The van der Waals surface area contributed by atoms with Gasteiger partial charge in [0.25, 0.3) is 0 Å². The molecule has 1 aromatic carbocycles. The Labute approximate surface area is 153 Å². The summed E-state index contributed by atoms with van der Waals surface area (Å²) in [6, 6.07) is 7.29. The highest BCUT2D eigenvalue weighted by Crippen LogP contribution is 2.24. The largest absolute Gasteiger partial charge is 0.355 e. The lowest BCUT2D eigenvalue weighted by atomic mass is 10.1. The first-order valence-corrected chi connectivity index (χ1v) is 10.2. The van der Waals surface area contributed by atoms with Gasteiger partial charge in [-0.15, -0.1) is 0 Å². The van der Waals surface area contributed by atoms with E-state index in [1.54, 1.807) is 0 Å². The zero-order valence-corrected chi connectivity index (χ0v) is 15.5. The van der Waals surface area contributed by atoms with Gasteiger partial charge in [0, 0.05) is 24.5 Å². The van der Waals surface area contributed by atoms with Crippen molar-refractivity contribution >= 4 is 27.5 Å². The predicted octanol–water partition coefficient (Wildman–Crippen LogP) is 2.69. The van der Waals surface area contributed by atoms with E-state index in [0.29, 0.717) is 37.3 Å². The lowest BCUT2D eigenvalue weighted by Crippen LogP contribution is -2.49. The molecule has 1 fully saturated rings. The maximum atomic E-state index is 13.1. The summed E-state index contributed by atoms with van der Waals surface area (Å²) in [5.74, 6) is -0.254. The number of amides is 1. The standard InChI is InChI=1S/C17H22ClN3O3S/c18-14-7-9-15(10-8-14)25(23,24)21(13-5-1-3-11-19)16-6-2-4-12-20-17(16)22/h7-10,16H,1-6,12-13H2,(H,20,22)/t16-/m1/s1. The number of nitrogens with zero attached hydrogens (tertiary/aromatic N) is 2. The van der Waals surface area contributed by atoms with Crippen molar-refractivity contribution in [2.24, 2.45) is 0 Å². The number of carbonyl (C=O) groups is 1. The third kappa shape index (κ3) is 5.18. The maximum absolute atomic E-state index is 13.1. The van der Waals surface area contributed by atoms with Gasteiger partial charge in [-0.05, 0) is 56.4 Å². The quantitative estimate of drug-likeness (QED) is 0.733. The van der Waals surface area contributed by atoms with E-state index in [1.807, 2.05) is 0 Å². The molecule has 0 unspecified atom stereocenters. The molecule has 0 saturated carbocycles. The second kappa shape index (κ2) is 9.18. The first kappa shape index (κ1) is 19.7. The van der Waals surface area contributed by atoms with Crippen molar-refractivity contribution in [3.8, 4) is 6.07 Å². The highest BCUT2D eigenvalue weighted by atomic mass is 35.5. The van der Waals surface area contributed by atoms with Crippen molar-refractivity contribution in [2.75, 3.05) is 13.1 Å². The zero-order valence-electron chi connectivity index (χ0n) is 13.9. The highest BCUT2D eigenvalue weighted by Gasteiger charge is 2.35. The molecule has 0 bridgehead atoms. The van der Waals surface area contributed by atoms with Crippen LogP contribution in [-0.2, 0) is 14.8 Å². The molecule has 1 aromatic rings. The van der Waals surface area contributed by atoms with Crippen LogP contribution in [0.5, 0.6) is 0 Å². The van der Waals surface area contributed by atoms with Crippen molar-refractivity contribution in [3.63, 3.8) is 0 Å². The van der Waals surface area contributed by atoms with Gasteiger partial charge in [0.2, 0.25) is 15.9 Å². The molecular weight excluding hydrogens is 362 g/mol. The fraction of sp³-hybridized carbons (Fsp3) is 0.529. The molecule has 1 heterocycles. The Balaban J connectivity index is 2.30. The monoisotopic (exact) mass is 383 g/mol. The van der Waals surface area contributed by atoms with Gasteiger partial charge in [0.05, 0.1) is 11.0 Å². The lowest BCUT2D eigenvalue weighted by molar-refractivity contribution is -0.124. The average Bonchev–Trinajstić information content (AvgIpc) is 2.80. The first-order chi connectivity index (χ1) is 12.0. The van der Waals surface area contributed by atoms with Crippen LogP contribution in [-0.4, -0.2) is 37.8 Å². The van der Waals surface area contributed by atoms with Crippen LogP contribution in [0, 0.1) is 11.3 Å². The number of hydrogen-bond acceptors (Lipinski definition) is 4. The van der Waals surface area contributed by atoms with E-state index >= 15 is 0 Å². The summed E-state index contributed by atoms with van der Waals surface area (Å²) in [6.07, 6.45) is 3.62. The van der Waals surface area contributed by atoms with Crippen LogP contribution in [0.2, 0.25) is 5.02 Å². The van der Waals surface area contributed by atoms with E-state index < -0.39 is 16.1 Å². The Kier molecular flexibility index (Phi) is 7.24. The third-order valence-corrected chi connectivity index (χ3v) is 6.37. The van der Waals surface area contributed by atoms with E-state index in [2.05, 4.69) is 11.4 Å². The topological polar surface area (TPSA) is 90.3 Å². The smallest absolute Gasteiger partial charge is 0.243 e. The molecule has 6 nitrogen and oxygen atoms in total. The van der Waals surface area contributed by atoms with Gasteiger partial charge in [0.1, 0.15) is 6.04 Å². The summed E-state index contributed by atoms with van der Waals surface area (Å²) in [6.45, 7) is 0.781. The summed E-state index contributed by atoms with van der Waals surface area (Å²) in [4.78, 5) is 12.5. The van der Waals surface area contributed by atoms with Gasteiger partial charge in [-0.1, -0.05) is 11.6 Å². The minimum atomic E-state index is -3.82. The van der Waals surface area contributed by atoms with Crippen molar-refractivity contribution in [3.05, 3.63) is 29.3 Å². The van der Waals surface area contributed by atoms with Crippen molar-refractivity contribution in [1.82, 2.24) is 9.62 Å². The van der Waals surface area contributed by atoms with Gasteiger partial charge < -0.3 is 5.32 Å². The third-order valence-electron chi connectivity index (χ3n) is 4.19. The van der Waals surface area contributed by atoms with Gasteiger partial charge in [-0.3, -0.25) is 4.79 Å². The fourth-order valence-corrected chi connectivity index (χ4v) is 4.64. The average molecular weight is 384 g/mol. The van der Waals surface area contributed by atoms with Crippen molar-refractivity contribution in [2.45, 2.75) is 49.5 Å². The molecule has 25 heavy (non-hydrogen) atoms. The Morgan fingerprint density at radius 1 is 1.24 bits per heavy atom. The molecule has 1 atom stereocenters. The fourth-order valence-electron chi connectivity index (χ4n) is 2.86. The molecule has 0 spiro atoms. The van der Waals surface area contributed by atoms with E-state index in [-0.39, 0.29) is 17.3 Å². The minimum Gasteiger partial charge on any atom is -0.355 e. The number of carbonyl (C=O) groups excluding carboxylic acids is 1. The van der Waals surface area contributed by atoms with E-state index in [0.717, 1.165) is 12.8 Å². The van der Waals surface area contributed by atoms with Gasteiger partial charge in [-0.25, -0.2) is 8.42 Å². The van der Waals surface area contributed by atoms with Crippen LogP contribution in [0.15, 0.2) is 29.2 Å². The Morgan fingerprint density at radius 2 is 1.96 bits per heavy atom.